The maximum absolute atomic E-state index is 13.5. The van der Waals surface area contributed by atoms with Crippen molar-refractivity contribution in [2.45, 2.75) is 5.54 Å². The molecular formula is C23H19Cl2N3O4S. The van der Waals surface area contributed by atoms with Gasteiger partial charge in [-0.2, -0.15) is 8.42 Å². The lowest BCUT2D eigenvalue weighted by atomic mass is 9.81. The number of halogens is 2. The number of carbonyl (C=O) groups is 1. The fourth-order valence-electron chi connectivity index (χ4n) is 3.75. The molecule has 2 N–H and O–H groups in total. The van der Waals surface area contributed by atoms with Crippen LogP contribution < -0.4 is 9.92 Å². The smallest absolute Gasteiger partial charge is 0.306 e. The van der Waals surface area contributed by atoms with Gasteiger partial charge in [-0.3, -0.25) is 9.69 Å². The Morgan fingerprint density at radius 2 is 1.58 bits per heavy atom. The monoisotopic (exact) mass is 503 g/mol. The van der Waals surface area contributed by atoms with Gasteiger partial charge in [0.2, 0.25) is 0 Å². The molecule has 1 aliphatic rings. The van der Waals surface area contributed by atoms with E-state index >= 15 is 0 Å². The highest BCUT2D eigenvalue weighted by atomic mass is 35.5. The number of rotatable bonds is 5. The minimum absolute atomic E-state index is 0.0627. The molecule has 0 aliphatic carbocycles. The fourth-order valence-corrected chi connectivity index (χ4v) is 4.74. The number of nitrogens with two attached hydrogens (primary N) is 1. The van der Waals surface area contributed by atoms with Crippen molar-refractivity contribution in [2.24, 2.45) is 10.7 Å². The molecular weight excluding hydrogens is 485 g/mol. The molecule has 1 atom stereocenters. The molecule has 1 heterocycles. The minimum Gasteiger partial charge on any atom is -0.383 e. The lowest BCUT2D eigenvalue weighted by molar-refractivity contribution is -0.129. The number of hydrogen-bond acceptors (Lipinski definition) is 6. The van der Waals surface area contributed by atoms with Crippen LogP contribution in [0.5, 0.6) is 5.75 Å². The number of aliphatic imine (C=N–C) groups is 1. The third-order valence-corrected chi connectivity index (χ3v) is 6.17. The van der Waals surface area contributed by atoms with Crippen LogP contribution >= 0.6 is 23.2 Å². The summed E-state index contributed by atoms with van der Waals surface area (Å²) in [5.74, 6) is -0.166. The van der Waals surface area contributed by atoms with Gasteiger partial charge >= 0.3 is 10.1 Å². The van der Waals surface area contributed by atoms with Crippen LogP contribution in [-0.2, 0) is 20.5 Å². The van der Waals surface area contributed by atoms with Crippen LogP contribution in [0.25, 0.3) is 11.1 Å². The molecule has 7 nitrogen and oxygen atoms in total. The molecule has 0 spiro atoms. The van der Waals surface area contributed by atoms with E-state index in [-0.39, 0.29) is 17.6 Å². The van der Waals surface area contributed by atoms with Crippen molar-refractivity contribution in [1.29, 1.82) is 0 Å². The lowest BCUT2D eigenvalue weighted by Gasteiger charge is -2.26. The Bertz CT molecular complexity index is 1370. The van der Waals surface area contributed by atoms with Gasteiger partial charge in [0, 0.05) is 17.1 Å². The lowest BCUT2D eigenvalue weighted by Crippen LogP contribution is -2.41. The second-order valence-corrected chi connectivity index (χ2v) is 10.0. The summed E-state index contributed by atoms with van der Waals surface area (Å²) in [6.45, 7) is 0. The Morgan fingerprint density at radius 1 is 0.939 bits per heavy atom. The van der Waals surface area contributed by atoms with E-state index in [2.05, 4.69) is 4.99 Å². The highest BCUT2D eigenvalue weighted by Crippen LogP contribution is 2.41. The number of benzene rings is 3. The predicted molar refractivity (Wildman–Crippen MR) is 129 cm³/mol. The van der Waals surface area contributed by atoms with E-state index in [0.29, 0.717) is 21.2 Å². The molecule has 33 heavy (non-hydrogen) atoms. The second-order valence-electron chi connectivity index (χ2n) is 7.60. The molecule has 0 fully saturated rings. The zero-order chi connectivity index (χ0) is 24.0. The van der Waals surface area contributed by atoms with Gasteiger partial charge in [-0.15, -0.1) is 0 Å². The Kier molecular flexibility index (Phi) is 5.86. The van der Waals surface area contributed by atoms with Gasteiger partial charge in [0.15, 0.2) is 11.5 Å². The largest absolute Gasteiger partial charge is 0.383 e. The summed E-state index contributed by atoms with van der Waals surface area (Å²) in [6, 6.07) is 18.6. The van der Waals surface area contributed by atoms with Crippen molar-refractivity contribution in [3.05, 3.63) is 87.9 Å². The molecule has 1 aliphatic heterocycles. The van der Waals surface area contributed by atoms with Crippen LogP contribution in [0, 0.1) is 0 Å². The summed E-state index contributed by atoms with van der Waals surface area (Å²) < 4.78 is 27.8. The third-order valence-electron chi connectivity index (χ3n) is 5.24. The fraction of sp³-hybridized carbons (Fsp3) is 0.130. The van der Waals surface area contributed by atoms with Gasteiger partial charge in [-0.25, -0.2) is 4.99 Å². The number of likely N-dealkylation sites (N-methyl/N-ethyl adjacent to an activating group) is 1. The van der Waals surface area contributed by atoms with E-state index in [9.17, 15) is 13.2 Å². The molecule has 0 aromatic heterocycles. The van der Waals surface area contributed by atoms with E-state index in [1.807, 2.05) is 12.1 Å². The molecule has 0 saturated heterocycles. The van der Waals surface area contributed by atoms with Crippen molar-refractivity contribution in [3.63, 3.8) is 0 Å². The molecule has 0 bridgehead atoms. The van der Waals surface area contributed by atoms with Gasteiger partial charge in [-0.1, -0.05) is 53.5 Å². The topological polar surface area (TPSA) is 102 Å². The first-order chi connectivity index (χ1) is 15.5. The SMILES string of the molecule is CN1C(=O)C(c2ccc(OS(C)(=O)=O)cc2)(c2cccc(-c3cc(Cl)cc(Cl)c3)c2)N=C1N. The molecule has 1 unspecified atom stereocenters. The van der Waals surface area contributed by atoms with E-state index < -0.39 is 15.7 Å². The Morgan fingerprint density at radius 3 is 2.12 bits per heavy atom. The number of hydrogen-bond donors (Lipinski definition) is 1. The van der Waals surface area contributed by atoms with Crippen LogP contribution in [0.3, 0.4) is 0 Å². The maximum atomic E-state index is 13.5. The van der Waals surface area contributed by atoms with Gasteiger partial charge in [0.25, 0.3) is 5.91 Å². The first kappa shape index (κ1) is 23.1. The first-order valence-corrected chi connectivity index (χ1v) is 12.3. The maximum Gasteiger partial charge on any atom is 0.306 e. The summed E-state index contributed by atoms with van der Waals surface area (Å²) in [6.07, 6.45) is 0.955. The molecule has 0 radical (unpaired) electrons. The molecule has 10 heteroatoms. The molecule has 4 rings (SSSR count). The normalized spacial score (nSPS) is 18.4. The standard InChI is InChI=1S/C23H19Cl2N3O4S/c1-28-21(29)23(27-22(28)26,16-6-8-20(9-7-16)32-33(2,30)31)17-5-3-4-14(10-17)15-11-18(24)13-19(25)12-15/h3-13H,1-2H3,(H2,26,27). The van der Waals surface area contributed by atoms with Crippen LogP contribution in [-0.4, -0.2) is 38.5 Å². The van der Waals surface area contributed by atoms with E-state index in [4.69, 9.17) is 33.1 Å². The molecule has 0 saturated carbocycles. The highest BCUT2D eigenvalue weighted by Gasteiger charge is 2.49. The second kappa shape index (κ2) is 8.37. The number of guanidine groups is 1. The van der Waals surface area contributed by atoms with E-state index in [0.717, 1.165) is 17.4 Å². The summed E-state index contributed by atoms with van der Waals surface area (Å²) in [5, 5.41) is 0.969. The molecule has 170 valence electrons. The third kappa shape index (κ3) is 4.42. The summed E-state index contributed by atoms with van der Waals surface area (Å²) in [4.78, 5) is 19.3. The van der Waals surface area contributed by atoms with Crippen LogP contribution in [0.4, 0.5) is 0 Å². The Hall–Kier alpha value is -3.07. The molecule has 3 aromatic carbocycles. The number of nitrogens with zero attached hydrogens (tertiary/aromatic N) is 2. The van der Waals surface area contributed by atoms with Crippen molar-refractivity contribution in [3.8, 4) is 16.9 Å². The zero-order valence-corrected chi connectivity index (χ0v) is 19.9. The van der Waals surface area contributed by atoms with Gasteiger partial charge < -0.3 is 9.92 Å². The molecule has 3 aromatic rings. The van der Waals surface area contributed by atoms with Crippen molar-refractivity contribution in [2.75, 3.05) is 13.3 Å². The first-order valence-electron chi connectivity index (χ1n) is 9.70. The van der Waals surface area contributed by atoms with E-state index in [1.165, 1.54) is 17.0 Å². The summed E-state index contributed by atoms with van der Waals surface area (Å²) in [5.41, 5.74) is 7.21. The van der Waals surface area contributed by atoms with Crippen molar-refractivity contribution >= 4 is 45.2 Å². The van der Waals surface area contributed by atoms with E-state index in [1.54, 1.807) is 49.5 Å². The summed E-state index contributed by atoms with van der Waals surface area (Å²) >= 11 is 12.3. The van der Waals surface area contributed by atoms with Gasteiger partial charge in [0.05, 0.1) is 6.26 Å². The van der Waals surface area contributed by atoms with Crippen LogP contribution in [0.2, 0.25) is 10.0 Å². The van der Waals surface area contributed by atoms with Gasteiger partial charge in [-0.05, 0) is 58.7 Å². The van der Waals surface area contributed by atoms with Gasteiger partial charge in [0.1, 0.15) is 5.75 Å². The molecule has 1 amide bonds. The number of carbonyl (C=O) groups excluding carboxylic acids is 1. The number of amides is 1. The zero-order valence-electron chi connectivity index (χ0n) is 17.6. The Labute approximate surface area is 201 Å². The van der Waals surface area contributed by atoms with Crippen molar-refractivity contribution in [1.82, 2.24) is 4.90 Å². The summed E-state index contributed by atoms with van der Waals surface area (Å²) in [7, 11) is -2.15. The highest BCUT2D eigenvalue weighted by molar-refractivity contribution is 7.86. The quantitative estimate of drug-likeness (QED) is 0.529. The Balaban J connectivity index is 1.87. The van der Waals surface area contributed by atoms with Crippen LogP contribution in [0.1, 0.15) is 11.1 Å². The van der Waals surface area contributed by atoms with Crippen LogP contribution in [0.15, 0.2) is 71.7 Å². The average Bonchev–Trinajstić information content (AvgIpc) is 2.97. The average molecular weight is 504 g/mol. The minimum atomic E-state index is -3.69. The van der Waals surface area contributed by atoms with Crippen molar-refractivity contribution < 1.29 is 17.4 Å². The predicted octanol–water partition coefficient (Wildman–Crippen LogP) is 4.03.